The summed E-state index contributed by atoms with van der Waals surface area (Å²) in [4.78, 5) is 0. The third kappa shape index (κ3) is 2.18. The van der Waals surface area contributed by atoms with E-state index in [0.717, 1.165) is 11.1 Å². The standard InChI is InChI=1S/C11H11ClN2O/c1-7-4-3-5-9(6-7)11-14-13-10(15-11)8(2)12/h3-6,8H,1-2H3/t8-/m0/s1. The van der Waals surface area contributed by atoms with Gasteiger partial charge in [-0.3, -0.25) is 0 Å². The number of aromatic nitrogens is 2. The van der Waals surface area contributed by atoms with E-state index >= 15 is 0 Å². The molecule has 3 nitrogen and oxygen atoms in total. The first kappa shape index (κ1) is 10.2. The first-order chi connectivity index (χ1) is 7.16. The Hall–Kier alpha value is -1.35. The van der Waals surface area contributed by atoms with E-state index in [1.54, 1.807) is 6.92 Å². The summed E-state index contributed by atoms with van der Waals surface area (Å²) in [5.41, 5.74) is 2.08. The van der Waals surface area contributed by atoms with Crippen LogP contribution < -0.4 is 0 Å². The van der Waals surface area contributed by atoms with Gasteiger partial charge >= 0.3 is 0 Å². The summed E-state index contributed by atoms with van der Waals surface area (Å²) in [6.45, 7) is 3.82. The largest absolute Gasteiger partial charge is 0.419 e. The molecule has 1 atom stereocenters. The van der Waals surface area contributed by atoms with Gasteiger partial charge in [-0.15, -0.1) is 21.8 Å². The lowest BCUT2D eigenvalue weighted by Gasteiger charge is -1.96. The summed E-state index contributed by atoms with van der Waals surface area (Å²) in [7, 11) is 0. The lowest BCUT2D eigenvalue weighted by atomic mass is 10.1. The van der Waals surface area contributed by atoms with Gasteiger partial charge < -0.3 is 4.42 Å². The highest BCUT2D eigenvalue weighted by atomic mass is 35.5. The van der Waals surface area contributed by atoms with Crippen LogP contribution in [0.5, 0.6) is 0 Å². The summed E-state index contributed by atoms with van der Waals surface area (Å²) in [5, 5.41) is 7.57. The van der Waals surface area contributed by atoms with E-state index in [0.29, 0.717) is 11.8 Å². The molecule has 0 unspecified atom stereocenters. The predicted octanol–water partition coefficient (Wildman–Crippen LogP) is 3.34. The van der Waals surface area contributed by atoms with Gasteiger partial charge in [0.2, 0.25) is 11.8 Å². The van der Waals surface area contributed by atoms with Gasteiger partial charge in [0.25, 0.3) is 0 Å². The third-order valence-electron chi connectivity index (χ3n) is 2.05. The van der Waals surface area contributed by atoms with Gasteiger partial charge in [0.15, 0.2) is 0 Å². The number of nitrogens with zero attached hydrogens (tertiary/aromatic N) is 2. The SMILES string of the molecule is Cc1cccc(-c2nnc([C@H](C)Cl)o2)c1. The maximum Gasteiger partial charge on any atom is 0.247 e. The molecular formula is C11H11ClN2O. The van der Waals surface area contributed by atoms with E-state index in [1.807, 2.05) is 31.2 Å². The number of benzene rings is 1. The molecule has 0 bridgehead atoms. The van der Waals surface area contributed by atoms with E-state index in [-0.39, 0.29) is 5.38 Å². The summed E-state index contributed by atoms with van der Waals surface area (Å²) < 4.78 is 5.43. The Morgan fingerprint density at radius 2 is 2.13 bits per heavy atom. The second kappa shape index (κ2) is 4.03. The zero-order valence-corrected chi connectivity index (χ0v) is 9.32. The van der Waals surface area contributed by atoms with Crippen LogP contribution in [0.4, 0.5) is 0 Å². The van der Waals surface area contributed by atoms with Crippen molar-refractivity contribution < 1.29 is 4.42 Å². The number of rotatable bonds is 2. The van der Waals surface area contributed by atoms with Crippen molar-refractivity contribution in [2.24, 2.45) is 0 Å². The normalized spacial score (nSPS) is 12.7. The zero-order valence-electron chi connectivity index (χ0n) is 8.57. The van der Waals surface area contributed by atoms with E-state index < -0.39 is 0 Å². The number of alkyl halides is 1. The minimum atomic E-state index is -0.254. The van der Waals surface area contributed by atoms with Crippen LogP contribution >= 0.6 is 11.6 Å². The van der Waals surface area contributed by atoms with Crippen molar-refractivity contribution in [2.45, 2.75) is 19.2 Å². The fourth-order valence-electron chi connectivity index (χ4n) is 1.29. The molecule has 1 aromatic heterocycles. The predicted molar refractivity (Wildman–Crippen MR) is 58.7 cm³/mol. The molecule has 0 amide bonds. The van der Waals surface area contributed by atoms with Crippen molar-refractivity contribution in [3.05, 3.63) is 35.7 Å². The molecule has 4 heteroatoms. The summed E-state index contributed by atoms with van der Waals surface area (Å²) in [6.07, 6.45) is 0. The number of hydrogen-bond acceptors (Lipinski definition) is 3. The molecule has 0 saturated heterocycles. The molecule has 78 valence electrons. The van der Waals surface area contributed by atoms with Crippen LogP contribution in [0, 0.1) is 6.92 Å². The van der Waals surface area contributed by atoms with Crippen molar-refractivity contribution in [1.82, 2.24) is 10.2 Å². The topological polar surface area (TPSA) is 38.9 Å². The Bertz CT molecular complexity index is 465. The highest BCUT2D eigenvalue weighted by molar-refractivity contribution is 6.20. The molecule has 2 rings (SSSR count). The van der Waals surface area contributed by atoms with Crippen LogP contribution in [0.25, 0.3) is 11.5 Å². The Kier molecular flexibility index (Phi) is 2.73. The van der Waals surface area contributed by atoms with Crippen LogP contribution in [0.3, 0.4) is 0 Å². The number of aryl methyl sites for hydroxylation is 1. The third-order valence-corrected chi connectivity index (χ3v) is 2.23. The van der Waals surface area contributed by atoms with Gasteiger partial charge in [0, 0.05) is 5.56 Å². The lowest BCUT2D eigenvalue weighted by Crippen LogP contribution is -1.81. The van der Waals surface area contributed by atoms with Crippen LogP contribution in [-0.2, 0) is 0 Å². The molecule has 2 aromatic rings. The van der Waals surface area contributed by atoms with Gasteiger partial charge in [0.1, 0.15) is 5.38 Å². The first-order valence-corrected chi connectivity index (χ1v) is 5.15. The average molecular weight is 223 g/mol. The molecule has 1 heterocycles. The number of hydrogen-bond donors (Lipinski definition) is 0. The molecule has 1 aromatic carbocycles. The van der Waals surface area contributed by atoms with Crippen molar-refractivity contribution in [1.29, 1.82) is 0 Å². The summed E-state index contributed by atoms with van der Waals surface area (Å²) in [6, 6.07) is 7.91. The average Bonchev–Trinajstić information content (AvgIpc) is 2.66. The Morgan fingerprint density at radius 1 is 1.33 bits per heavy atom. The van der Waals surface area contributed by atoms with Gasteiger partial charge in [-0.1, -0.05) is 17.7 Å². The van der Waals surface area contributed by atoms with Gasteiger partial charge in [0.05, 0.1) is 0 Å². The van der Waals surface area contributed by atoms with E-state index in [1.165, 1.54) is 0 Å². The first-order valence-electron chi connectivity index (χ1n) is 4.71. The fraction of sp³-hybridized carbons (Fsp3) is 0.273. The van der Waals surface area contributed by atoms with Crippen molar-refractivity contribution in [3.63, 3.8) is 0 Å². The molecule has 0 aliphatic carbocycles. The van der Waals surface area contributed by atoms with Crippen LogP contribution in [0.1, 0.15) is 23.8 Å². The quantitative estimate of drug-likeness (QED) is 0.732. The van der Waals surface area contributed by atoms with E-state index in [2.05, 4.69) is 10.2 Å². The zero-order chi connectivity index (χ0) is 10.8. The molecule has 0 spiro atoms. The second-order valence-electron chi connectivity index (χ2n) is 3.43. The second-order valence-corrected chi connectivity index (χ2v) is 4.09. The van der Waals surface area contributed by atoms with E-state index in [9.17, 15) is 0 Å². The molecule has 0 aliphatic rings. The van der Waals surface area contributed by atoms with Crippen LogP contribution in [0.15, 0.2) is 28.7 Å². The maximum atomic E-state index is 5.84. The minimum Gasteiger partial charge on any atom is -0.419 e. The molecule has 0 saturated carbocycles. The van der Waals surface area contributed by atoms with Gasteiger partial charge in [-0.05, 0) is 26.0 Å². The molecule has 0 fully saturated rings. The monoisotopic (exact) mass is 222 g/mol. The van der Waals surface area contributed by atoms with Crippen LogP contribution in [-0.4, -0.2) is 10.2 Å². The van der Waals surface area contributed by atoms with Gasteiger partial charge in [-0.25, -0.2) is 0 Å². The Balaban J connectivity index is 2.37. The van der Waals surface area contributed by atoms with E-state index in [4.69, 9.17) is 16.0 Å². The highest BCUT2D eigenvalue weighted by Gasteiger charge is 2.12. The van der Waals surface area contributed by atoms with Gasteiger partial charge in [-0.2, -0.15) is 0 Å². The number of halogens is 1. The minimum absolute atomic E-state index is 0.254. The fourth-order valence-corrected chi connectivity index (χ4v) is 1.38. The molecular weight excluding hydrogens is 212 g/mol. The maximum absolute atomic E-state index is 5.84. The smallest absolute Gasteiger partial charge is 0.247 e. The Labute approximate surface area is 93.1 Å². The lowest BCUT2D eigenvalue weighted by molar-refractivity contribution is 0.507. The highest BCUT2D eigenvalue weighted by Crippen LogP contribution is 2.23. The van der Waals surface area contributed by atoms with Crippen molar-refractivity contribution in [3.8, 4) is 11.5 Å². The van der Waals surface area contributed by atoms with Crippen molar-refractivity contribution >= 4 is 11.6 Å². The molecule has 0 aliphatic heterocycles. The van der Waals surface area contributed by atoms with Crippen LogP contribution in [0.2, 0.25) is 0 Å². The molecule has 0 radical (unpaired) electrons. The molecule has 15 heavy (non-hydrogen) atoms. The molecule has 0 N–H and O–H groups in total. The summed E-state index contributed by atoms with van der Waals surface area (Å²) in [5.74, 6) is 0.967. The van der Waals surface area contributed by atoms with Crippen molar-refractivity contribution in [2.75, 3.05) is 0 Å². The Morgan fingerprint density at radius 3 is 2.73 bits per heavy atom. The summed E-state index contributed by atoms with van der Waals surface area (Å²) >= 11 is 5.84.